The zero-order valence-corrected chi connectivity index (χ0v) is 3.31. The molecule has 1 radical (unpaired) electrons. The van der Waals surface area contributed by atoms with Gasteiger partial charge in [-0.05, 0) is 0 Å². The summed E-state index contributed by atoms with van der Waals surface area (Å²) in [5.74, 6) is 0. The molecule has 0 aliphatic carbocycles. The predicted molar refractivity (Wildman–Crippen MR) is 11.7 cm³/mol. The second-order valence-corrected chi connectivity index (χ2v) is 0.247. The number of aldehydes is 1. The van der Waals surface area contributed by atoms with Crippen molar-refractivity contribution in [1.82, 2.24) is 0 Å². The van der Waals surface area contributed by atoms with Crippen LogP contribution < -0.4 is 0 Å². The third-order valence-corrected chi connectivity index (χ3v) is 0.0527. The van der Waals surface area contributed by atoms with Gasteiger partial charge in [-0.1, -0.05) is 0 Å². The van der Waals surface area contributed by atoms with Crippen LogP contribution in [-0.4, -0.2) is 6.29 Å². The smallest absolute Gasteiger partial charge is 0.219 e. The minimum atomic E-state index is 0. The first kappa shape index (κ1) is 8.82. The van der Waals surface area contributed by atoms with E-state index in [9.17, 15) is 0 Å². The van der Waals surface area contributed by atoms with Gasteiger partial charge in [-0.3, -0.25) is 4.79 Å². The van der Waals surface area contributed by atoms with Gasteiger partial charge in [0.1, 0.15) is 6.07 Å². The molecule has 0 aromatic carbocycles. The van der Waals surface area contributed by atoms with Crippen LogP contribution >= 0.6 is 0 Å². The molecule has 2 nitrogen and oxygen atoms in total. The Balaban J connectivity index is 0. The first-order valence-electron chi connectivity index (χ1n) is 0.748. The third-order valence-electron chi connectivity index (χ3n) is 0.0527. The molecule has 0 amide bonds. The van der Waals surface area contributed by atoms with E-state index in [0.29, 0.717) is 0 Å². The molecule has 0 saturated heterocycles. The molecule has 5 heavy (non-hydrogen) atoms. The minimum absolute atomic E-state index is 0. The maximum atomic E-state index is 8.81. The molecule has 0 spiro atoms. The summed E-state index contributed by atoms with van der Waals surface area (Å²) in [7, 11) is 0. The number of nitriles is 1. The van der Waals surface area contributed by atoms with Crippen molar-refractivity contribution in [3.63, 3.8) is 0 Å². The van der Waals surface area contributed by atoms with E-state index in [0.717, 1.165) is 0 Å². The number of nitrogens with zero attached hydrogens (tertiary/aromatic N) is 1. The fourth-order valence-corrected chi connectivity index (χ4v) is 0. The standard InChI is InChI=1S/C2HNO.Co/c3-1-2-4;/h2H;. The van der Waals surface area contributed by atoms with Crippen molar-refractivity contribution in [2.24, 2.45) is 0 Å². The summed E-state index contributed by atoms with van der Waals surface area (Å²) in [6.45, 7) is 0. The van der Waals surface area contributed by atoms with Crippen molar-refractivity contribution >= 4 is 6.29 Å². The van der Waals surface area contributed by atoms with Gasteiger partial charge in [-0.25, -0.2) is 0 Å². The Labute approximate surface area is 40.0 Å². The van der Waals surface area contributed by atoms with Crippen molar-refractivity contribution in [1.29, 1.82) is 5.26 Å². The summed E-state index contributed by atoms with van der Waals surface area (Å²) >= 11 is 0. The fraction of sp³-hybridized carbons (Fsp3) is 0. The molecule has 0 rings (SSSR count). The summed E-state index contributed by atoms with van der Waals surface area (Å²) < 4.78 is 0. The van der Waals surface area contributed by atoms with Crippen LogP contribution in [0.2, 0.25) is 0 Å². The molecule has 0 fully saturated rings. The van der Waals surface area contributed by atoms with Gasteiger partial charge in [0.05, 0.1) is 0 Å². The largest absolute Gasteiger partial charge is 0.286 e. The van der Waals surface area contributed by atoms with E-state index >= 15 is 0 Å². The molecule has 0 aliphatic rings. The Morgan fingerprint density at radius 1 is 1.80 bits per heavy atom. The molecule has 3 heteroatoms. The number of carbonyl (C=O) groups excluding carboxylic acids is 1. The van der Waals surface area contributed by atoms with E-state index in [-0.39, 0.29) is 23.1 Å². The molecule has 0 aromatic heterocycles. The van der Waals surface area contributed by atoms with E-state index in [4.69, 9.17) is 10.1 Å². The number of carbonyl (C=O) groups is 1. The van der Waals surface area contributed by atoms with Crippen LogP contribution in [0.1, 0.15) is 0 Å². The van der Waals surface area contributed by atoms with Gasteiger partial charge in [0.2, 0.25) is 6.29 Å². The van der Waals surface area contributed by atoms with Gasteiger partial charge in [-0.2, -0.15) is 5.26 Å². The molecule has 0 aliphatic heterocycles. The van der Waals surface area contributed by atoms with Crippen molar-refractivity contribution in [2.45, 2.75) is 0 Å². The summed E-state index contributed by atoms with van der Waals surface area (Å²) in [4.78, 5) is 8.81. The van der Waals surface area contributed by atoms with Gasteiger partial charge < -0.3 is 0 Å². The van der Waals surface area contributed by atoms with E-state index in [1.54, 1.807) is 0 Å². The fourth-order valence-electron chi connectivity index (χ4n) is 0. The Bertz CT molecular complexity index is 55.2. The quantitative estimate of drug-likeness (QED) is 0.320. The summed E-state index contributed by atoms with van der Waals surface area (Å²) in [6.07, 6.45) is 0.181. The molecule has 0 heterocycles. The summed E-state index contributed by atoms with van der Waals surface area (Å²) in [5, 5.41) is 7.26. The van der Waals surface area contributed by atoms with Crippen molar-refractivity contribution < 1.29 is 21.6 Å². The van der Waals surface area contributed by atoms with Crippen LogP contribution in [0, 0.1) is 11.3 Å². The third kappa shape index (κ3) is 22.9. The maximum Gasteiger partial charge on any atom is 0.219 e. The van der Waals surface area contributed by atoms with Crippen molar-refractivity contribution in [2.75, 3.05) is 0 Å². The SMILES string of the molecule is N#CC=O.[Co]. The monoisotopic (exact) mass is 114 g/mol. The number of hydrogen-bond donors (Lipinski definition) is 0. The van der Waals surface area contributed by atoms with Crippen LogP contribution in [0.25, 0.3) is 0 Å². The average Bonchev–Trinajstić information content (AvgIpc) is 1.37. The Hall–Kier alpha value is -0.334. The molecule has 29 valence electrons. The summed E-state index contributed by atoms with van der Waals surface area (Å²) in [5.41, 5.74) is 0. The molecule has 0 aromatic rings. The first-order valence-corrected chi connectivity index (χ1v) is 0.748. The average molecular weight is 114 g/mol. The molecule has 0 N–H and O–H groups in total. The van der Waals surface area contributed by atoms with Crippen molar-refractivity contribution in [3.05, 3.63) is 0 Å². The zero-order chi connectivity index (χ0) is 3.41. The van der Waals surface area contributed by atoms with E-state index < -0.39 is 0 Å². The van der Waals surface area contributed by atoms with Gasteiger partial charge in [0, 0.05) is 16.8 Å². The Kier molecular flexibility index (Phi) is 16.6. The second kappa shape index (κ2) is 9.39. The Morgan fingerprint density at radius 2 is 2.00 bits per heavy atom. The van der Waals surface area contributed by atoms with Crippen LogP contribution in [-0.2, 0) is 21.6 Å². The van der Waals surface area contributed by atoms with Gasteiger partial charge in [0.25, 0.3) is 0 Å². The van der Waals surface area contributed by atoms with E-state index in [2.05, 4.69) is 0 Å². The minimum Gasteiger partial charge on any atom is -0.286 e. The predicted octanol–water partition coefficient (Wildman–Crippen LogP) is -0.294. The van der Waals surface area contributed by atoms with Crippen LogP contribution in [0.4, 0.5) is 0 Å². The zero-order valence-electron chi connectivity index (χ0n) is 2.27. The molecular formula is C2HCoNO. The van der Waals surface area contributed by atoms with Gasteiger partial charge in [-0.15, -0.1) is 0 Å². The number of hydrogen-bond acceptors (Lipinski definition) is 2. The van der Waals surface area contributed by atoms with Gasteiger partial charge >= 0.3 is 0 Å². The molecule has 0 unspecified atom stereocenters. The van der Waals surface area contributed by atoms with E-state index in [1.807, 2.05) is 0 Å². The maximum absolute atomic E-state index is 8.81. The van der Waals surface area contributed by atoms with Crippen LogP contribution in [0.15, 0.2) is 0 Å². The normalized spacial score (nSPS) is 3.00. The van der Waals surface area contributed by atoms with Crippen LogP contribution in [0.5, 0.6) is 0 Å². The number of rotatable bonds is 0. The van der Waals surface area contributed by atoms with E-state index in [1.165, 1.54) is 6.07 Å². The first-order chi connectivity index (χ1) is 1.91. The molecule has 0 saturated carbocycles. The van der Waals surface area contributed by atoms with Crippen molar-refractivity contribution in [3.8, 4) is 6.07 Å². The molecule has 0 bridgehead atoms. The van der Waals surface area contributed by atoms with Crippen LogP contribution in [0.3, 0.4) is 0 Å². The molecule has 0 atom stereocenters. The Morgan fingerprint density at radius 3 is 2.00 bits per heavy atom. The molecular weight excluding hydrogens is 113 g/mol. The second-order valence-electron chi connectivity index (χ2n) is 0.247. The van der Waals surface area contributed by atoms with Gasteiger partial charge in [0.15, 0.2) is 0 Å². The summed E-state index contributed by atoms with van der Waals surface area (Å²) in [6, 6.07) is 1.25. The topological polar surface area (TPSA) is 40.9 Å².